The Balaban J connectivity index is 1.55. The summed E-state index contributed by atoms with van der Waals surface area (Å²) in [7, 11) is 0. The van der Waals surface area contributed by atoms with Crippen LogP contribution in [0.2, 0.25) is 0 Å². The third kappa shape index (κ3) is 4.19. The molecule has 3 heterocycles. The number of carbonyl (C=O) groups excluding carboxylic acids is 2. The number of hydrogen-bond acceptors (Lipinski definition) is 4. The number of nitrogens with zero attached hydrogens (tertiary/aromatic N) is 2. The highest BCUT2D eigenvalue weighted by Crippen LogP contribution is 2.23. The van der Waals surface area contributed by atoms with Gasteiger partial charge in [0.05, 0.1) is 11.8 Å². The summed E-state index contributed by atoms with van der Waals surface area (Å²) in [5.41, 5.74) is 4.13. The van der Waals surface area contributed by atoms with Gasteiger partial charge in [0.1, 0.15) is 5.69 Å². The van der Waals surface area contributed by atoms with Gasteiger partial charge in [-0.05, 0) is 57.6 Å². The van der Waals surface area contributed by atoms with Crippen LogP contribution >= 0.6 is 0 Å². The molecule has 0 radical (unpaired) electrons. The van der Waals surface area contributed by atoms with Crippen LogP contribution in [0.15, 0.2) is 18.2 Å². The fourth-order valence-corrected chi connectivity index (χ4v) is 4.13. The first kappa shape index (κ1) is 19.6. The van der Waals surface area contributed by atoms with Crippen LogP contribution in [-0.4, -0.2) is 40.6 Å². The number of amides is 2. The number of rotatable bonds is 5. The van der Waals surface area contributed by atoms with E-state index in [1.807, 2.05) is 36.6 Å². The Morgan fingerprint density at radius 3 is 2.83 bits per heavy atom. The predicted molar refractivity (Wildman–Crippen MR) is 110 cm³/mol. The van der Waals surface area contributed by atoms with Gasteiger partial charge in [-0.2, -0.15) is 0 Å². The summed E-state index contributed by atoms with van der Waals surface area (Å²) in [5.74, 6) is -0.197. The van der Waals surface area contributed by atoms with Gasteiger partial charge >= 0.3 is 0 Å². The monoisotopic (exact) mass is 396 g/mol. The number of aryl methyl sites for hydroxylation is 2. The summed E-state index contributed by atoms with van der Waals surface area (Å²) >= 11 is 0. The standard InChI is InChI=1S/C22H28N4O3/c1-14-8-9-17(15(2)12-14)24-22(28)20-25-19(18-7-3-4-10-26(18)20)21(27)23-13-16-6-5-11-29-16/h8-9,12,16H,3-7,10-11,13H2,1-2H3,(H,23,27)(H,24,28). The Bertz CT molecular complexity index is 928. The summed E-state index contributed by atoms with van der Waals surface area (Å²) < 4.78 is 7.48. The van der Waals surface area contributed by atoms with Crippen molar-refractivity contribution in [3.8, 4) is 0 Å². The van der Waals surface area contributed by atoms with Crippen molar-refractivity contribution in [2.45, 2.75) is 58.6 Å². The number of aromatic nitrogens is 2. The van der Waals surface area contributed by atoms with Crippen molar-refractivity contribution >= 4 is 17.5 Å². The average Bonchev–Trinajstić information content (AvgIpc) is 3.36. The molecular weight excluding hydrogens is 368 g/mol. The molecule has 1 saturated heterocycles. The summed E-state index contributed by atoms with van der Waals surface area (Å²) in [5, 5.41) is 5.90. The number of nitrogens with one attached hydrogen (secondary N) is 2. The Morgan fingerprint density at radius 2 is 2.07 bits per heavy atom. The smallest absolute Gasteiger partial charge is 0.291 e. The summed E-state index contributed by atoms with van der Waals surface area (Å²) in [6, 6.07) is 5.89. The molecule has 2 N–H and O–H groups in total. The number of hydrogen-bond donors (Lipinski definition) is 2. The number of carbonyl (C=O) groups is 2. The van der Waals surface area contributed by atoms with Crippen LogP contribution in [0.25, 0.3) is 0 Å². The maximum Gasteiger partial charge on any atom is 0.291 e. The molecule has 0 spiro atoms. The number of anilines is 1. The lowest BCUT2D eigenvalue weighted by Crippen LogP contribution is -2.32. The minimum absolute atomic E-state index is 0.0738. The van der Waals surface area contributed by atoms with Gasteiger partial charge < -0.3 is 19.9 Å². The van der Waals surface area contributed by atoms with E-state index in [-0.39, 0.29) is 17.9 Å². The molecule has 0 saturated carbocycles. The number of fused-ring (bicyclic) bond motifs is 1. The Labute approximate surface area is 170 Å². The number of benzene rings is 1. The Morgan fingerprint density at radius 1 is 1.21 bits per heavy atom. The van der Waals surface area contributed by atoms with Crippen molar-refractivity contribution in [3.63, 3.8) is 0 Å². The van der Waals surface area contributed by atoms with Crippen LogP contribution in [0.4, 0.5) is 5.69 Å². The lowest BCUT2D eigenvalue weighted by atomic mass is 10.1. The summed E-state index contributed by atoms with van der Waals surface area (Å²) in [4.78, 5) is 30.2. The molecule has 29 heavy (non-hydrogen) atoms. The first-order valence-electron chi connectivity index (χ1n) is 10.4. The lowest BCUT2D eigenvalue weighted by molar-refractivity contribution is 0.0853. The second-order valence-electron chi connectivity index (χ2n) is 7.96. The molecule has 2 aromatic rings. The topological polar surface area (TPSA) is 85.2 Å². The zero-order chi connectivity index (χ0) is 20.4. The van der Waals surface area contributed by atoms with Crippen LogP contribution in [0.5, 0.6) is 0 Å². The van der Waals surface area contributed by atoms with E-state index in [1.54, 1.807) is 0 Å². The van der Waals surface area contributed by atoms with Gasteiger partial charge in [-0.1, -0.05) is 17.7 Å². The molecule has 7 nitrogen and oxygen atoms in total. The largest absolute Gasteiger partial charge is 0.376 e. The van der Waals surface area contributed by atoms with Gasteiger partial charge in [0.2, 0.25) is 0 Å². The molecular formula is C22H28N4O3. The third-order valence-corrected chi connectivity index (χ3v) is 5.68. The fourth-order valence-electron chi connectivity index (χ4n) is 4.13. The summed E-state index contributed by atoms with van der Waals surface area (Å²) in [6.45, 7) is 5.92. The second kappa shape index (κ2) is 8.37. The maximum absolute atomic E-state index is 13.0. The molecule has 1 atom stereocenters. The molecule has 2 aliphatic heterocycles. The van der Waals surface area contributed by atoms with E-state index < -0.39 is 0 Å². The lowest BCUT2D eigenvalue weighted by Gasteiger charge is -2.17. The van der Waals surface area contributed by atoms with E-state index in [0.717, 1.165) is 61.2 Å². The Hall–Kier alpha value is -2.67. The van der Waals surface area contributed by atoms with Crippen LogP contribution in [0.3, 0.4) is 0 Å². The van der Waals surface area contributed by atoms with Gasteiger partial charge in [-0.3, -0.25) is 9.59 Å². The Kier molecular flexibility index (Phi) is 5.67. The molecule has 0 aliphatic carbocycles. The zero-order valence-corrected chi connectivity index (χ0v) is 17.1. The molecule has 154 valence electrons. The highest BCUT2D eigenvalue weighted by atomic mass is 16.5. The minimum atomic E-state index is -0.279. The first-order chi connectivity index (χ1) is 14.0. The van der Waals surface area contributed by atoms with Crippen molar-refractivity contribution < 1.29 is 14.3 Å². The third-order valence-electron chi connectivity index (χ3n) is 5.68. The van der Waals surface area contributed by atoms with Crippen molar-refractivity contribution in [2.75, 3.05) is 18.5 Å². The van der Waals surface area contributed by atoms with E-state index in [2.05, 4.69) is 15.6 Å². The summed E-state index contributed by atoms with van der Waals surface area (Å²) in [6.07, 6.45) is 4.80. The van der Waals surface area contributed by atoms with Crippen LogP contribution in [-0.2, 0) is 17.7 Å². The van der Waals surface area contributed by atoms with Crippen molar-refractivity contribution in [3.05, 3.63) is 46.5 Å². The van der Waals surface area contributed by atoms with E-state index in [0.29, 0.717) is 24.6 Å². The van der Waals surface area contributed by atoms with Gasteiger partial charge in [0, 0.05) is 25.4 Å². The molecule has 1 unspecified atom stereocenters. The molecule has 1 aromatic carbocycles. The molecule has 2 aliphatic rings. The quantitative estimate of drug-likeness (QED) is 0.814. The number of ether oxygens (including phenoxy) is 1. The first-order valence-corrected chi connectivity index (χ1v) is 10.4. The number of imidazole rings is 1. The highest BCUT2D eigenvalue weighted by Gasteiger charge is 2.28. The van der Waals surface area contributed by atoms with Gasteiger partial charge in [-0.25, -0.2) is 4.98 Å². The van der Waals surface area contributed by atoms with Crippen molar-refractivity contribution in [1.29, 1.82) is 0 Å². The van der Waals surface area contributed by atoms with E-state index in [1.165, 1.54) is 0 Å². The average molecular weight is 396 g/mol. The highest BCUT2D eigenvalue weighted by molar-refractivity contribution is 6.04. The maximum atomic E-state index is 13.0. The molecule has 1 aromatic heterocycles. The SMILES string of the molecule is Cc1ccc(NC(=O)c2nc(C(=O)NCC3CCCO3)c3n2CCCC3)c(C)c1. The van der Waals surface area contributed by atoms with Crippen LogP contribution in [0, 0.1) is 13.8 Å². The zero-order valence-electron chi connectivity index (χ0n) is 17.1. The molecule has 2 amide bonds. The van der Waals surface area contributed by atoms with Crippen molar-refractivity contribution in [1.82, 2.24) is 14.9 Å². The van der Waals surface area contributed by atoms with Gasteiger partial charge in [0.25, 0.3) is 11.8 Å². The molecule has 7 heteroatoms. The molecule has 4 rings (SSSR count). The van der Waals surface area contributed by atoms with Crippen LogP contribution < -0.4 is 10.6 Å². The fraction of sp³-hybridized carbons (Fsp3) is 0.500. The van der Waals surface area contributed by atoms with Gasteiger partial charge in [-0.15, -0.1) is 0 Å². The van der Waals surface area contributed by atoms with Gasteiger partial charge in [0.15, 0.2) is 5.82 Å². The second-order valence-corrected chi connectivity index (χ2v) is 7.96. The molecule has 0 bridgehead atoms. The van der Waals surface area contributed by atoms with Crippen LogP contribution in [0.1, 0.15) is 63.6 Å². The van der Waals surface area contributed by atoms with E-state index >= 15 is 0 Å². The normalized spacial score (nSPS) is 18.3. The van der Waals surface area contributed by atoms with E-state index in [9.17, 15) is 9.59 Å². The van der Waals surface area contributed by atoms with E-state index in [4.69, 9.17) is 4.74 Å². The minimum Gasteiger partial charge on any atom is -0.376 e. The van der Waals surface area contributed by atoms with Crippen molar-refractivity contribution in [2.24, 2.45) is 0 Å². The molecule has 1 fully saturated rings. The predicted octanol–water partition coefficient (Wildman–Crippen LogP) is 3.00.